The molecule has 2 aromatic carbocycles. The van der Waals surface area contributed by atoms with Crippen LogP contribution >= 0.6 is 0 Å². The molecule has 2 aromatic rings. The molecule has 2 aliphatic rings. The van der Waals surface area contributed by atoms with Gasteiger partial charge in [-0.15, -0.1) is 0 Å². The molecule has 1 unspecified atom stereocenters. The van der Waals surface area contributed by atoms with Crippen molar-refractivity contribution in [3.63, 3.8) is 0 Å². The first-order valence-electron chi connectivity index (χ1n) is 12.2. The Morgan fingerprint density at radius 3 is 2.41 bits per heavy atom. The smallest absolute Gasteiger partial charge is 0.0940 e. The van der Waals surface area contributed by atoms with E-state index in [0.717, 1.165) is 43.3 Å². The minimum Gasteiger partial charge on any atom is -0.295 e. The van der Waals surface area contributed by atoms with Gasteiger partial charge in [0.2, 0.25) is 0 Å². The van der Waals surface area contributed by atoms with E-state index >= 15 is 0 Å². The summed E-state index contributed by atoms with van der Waals surface area (Å²) in [5.41, 5.74) is 5.84. The van der Waals surface area contributed by atoms with Crippen molar-refractivity contribution >= 4 is 5.71 Å². The van der Waals surface area contributed by atoms with Crippen molar-refractivity contribution in [3.8, 4) is 6.07 Å². The van der Waals surface area contributed by atoms with Crippen molar-refractivity contribution in [1.29, 1.82) is 5.26 Å². The molecule has 3 nitrogen and oxygen atoms in total. The van der Waals surface area contributed by atoms with Gasteiger partial charge in [0.25, 0.3) is 0 Å². The third-order valence-electron chi connectivity index (χ3n) is 7.21. The summed E-state index contributed by atoms with van der Waals surface area (Å²) < 4.78 is 0. The van der Waals surface area contributed by atoms with Crippen molar-refractivity contribution in [1.82, 2.24) is 5.01 Å². The van der Waals surface area contributed by atoms with Crippen LogP contribution in [0.2, 0.25) is 0 Å². The lowest BCUT2D eigenvalue weighted by Crippen LogP contribution is -2.28. The van der Waals surface area contributed by atoms with Crippen LogP contribution < -0.4 is 0 Å². The topological polar surface area (TPSA) is 39.4 Å². The third-order valence-corrected chi connectivity index (χ3v) is 7.21. The minimum absolute atomic E-state index is 0.336. The fraction of sp³-hybridized carbons (Fsp3) is 0.448. The zero-order chi connectivity index (χ0) is 22.3. The molecule has 0 radical (unpaired) electrons. The van der Waals surface area contributed by atoms with Gasteiger partial charge in [0.05, 0.1) is 11.8 Å². The fourth-order valence-corrected chi connectivity index (χ4v) is 5.27. The van der Waals surface area contributed by atoms with Gasteiger partial charge in [-0.25, -0.2) is 0 Å². The predicted molar refractivity (Wildman–Crippen MR) is 133 cm³/mol. The number of nitriles is 1. The van der Waals surface area contributed by atoms with Gasteiger partial charge in [0.1, 0.15) is 0 Å². The molecule has 0 spiro atoms. The van der Waals surface area contributed by atoms with Gasteiger partial charge in [0, 0.05) is 24.6 Å². The third kappa shape index (κ3) is 5.68. The van der Waals surface area contributed by atoms with Crippen molar-refractivity contribution in [2.45, 2.75) is 57.8 Å². The maximum absolute atomic E-state index is 8.87. The van der Waals surface area contributed by atoms with Crippen LogP contribution in [0.4, 0.5) is 0 Å². The molecule has 0 amide bonds. The highest BCUT2D eigenvalue weighted by Crippen LogP contribution is 2.35. The van der Waals surface area contributed by atoms with Crippen molar-refractivity contribution in [3.05, 3.63) is 83.4 Å². The molecule has 4 rings (SSSR count). The standard InChI is InChI=1S/C29H35N3/c1-22-11-17-26(18-12-22)28-21-32(31-29(28)27-9-4-3-5-10-27)20-25-15-13-24(14-16-25)8-6-7-23(2)19-30/h3-5,9-12,17-18,24-25,28H,2,6-8,13-16,20-21H2,1H3. The summed E-state index contributed by atoms with van der Waals surface area (Å²) in [6.45, 7) is 7.99. The molecule has 166 valence electrons. The number of benzene rings is 2. The van der Waals surface area contributed by atoms with Gasteiger partial charge in [-0.2, -0.15) is 10.4 Å². The lowest BCUT2D eigenvalue weighted by atomic mass is 9.79. The van der Waals surface area contributed by atoms with Gasteiger partial charge < -0.3 is 0 Å². The number of aryl methyl sites for hydroxylation is 1. The molecule has 32 heavy (non-hydrogen) atoms. The molecule has 1 aliphatic carbocycles. The summed E-state index contributed by atoms with van der Waals surface area (Å²) >= 11 is 0. The summed E-state index contributed by atoms with van der Waals surface area (Å²) in [5, 5.41) is 16.4. The SMILES string of the molecule is C=C(C#N)CCCC1CCC(CN2CC(c3ccc(C)cc3)C(c3ccccc3)=N2)CC1. The number of hydrogen-bond donors (Lipinski definition) is 0. The van der Waals surface area contributed by atoms with Gasteiger partial charge in [-0.3, -0.25) is 5.01 Å². The molecular formula is C29H35N3. The lowest BCUT2D eigenvalue weighted by molar-refractivity contribution is 0.188. The molecule has 1 aliphatic heterocycles. The minimum atomic E-state index is 0.336. The Bertz CT molecular complexity index is 960. The number of allylic oxidation sites excluding steroid dienone is 1. The van der Waals surface area contributed by atoms with Gasteiger partial charge in [-0.05, 0) is 55.6 Å². The van der Waals surface area contributed by atoms with Gasteiger partial charge in [0.15, 0.2) is 0 Å². The highest BCUT2D eigenvalue weighted by molar-refractivity contribution is 6.06. The second-order valence-electron chi connectivity index (χ2n) is 9.68. The van der Waals surface area contributed by atoms with Crippen molar-refractivity contribution in [2.75, 3.05) is 13.1 Å². The molecule has 3 heteroatoms. The normalized spacial score (nSPS) is 22.9. The first kappa shape index (κ1) is 22.3. The average molecular weight is 426 g/mol. The van der Waals surface area contributed by atoms with E-state index in [4.69, 9.17) is 10.4 Å². The largest absolute Gasteiger partial charge is 0.295 e. The van der Waals surface area contributed by atoms with Crippen LogP contribution in [0.25, 0.3) is 0 Å². The fourth-order valence-electron chi connectivity index (χ4n) is 5.27. The van der Waals surface area contributed by atoms with E-state index in [0.29, 0.717) is 5.92 Å². The Kier molecular flexibility index (Phi) is 7.43. The van der Waals surface area contributed by atoms with Crippen LogP contribution in [0, 0.1) is 30.1 Å². The summed E-state index contributed by atoms with van der Waals surface area (Å²) in [4.78, 5) is 0. The zero-order valence-electron chi connectivity index (χ0n) is 19.3. The molecule has 0 saturated heterocycles. The summed E-state index contributed by atoms with van der Waals surface area (Å²) in [6.07, 6.45) is 8.43. The van der Waals surface area contributed by atoms with E-state index < -0.39 is 0 Å². The lowest BCUT2D eigenvalue weighted by Gasteiger charge is -2.31. The first-order chi connectivity index (χ1) is 15.6. The average Bonchev–Trinajstić information content (AvgIpc) is 3.25. The number of rotatable bonds is 8. The number of hydrogen-bond acceptors (Lipinski definition) is 3. The monoisotopic (exact) mass is 425 g/mol. The van der Waals surface area contributed by atoms with Gasteiger partial charge >= 0.3 is 0 Å². The van der Waals surface area contributed by atoms with Crippen LogP contribution in [0.5, 0.6) is 0 Å². The van der Waals surface area contributed by atoms with Crippen LogP contribution in [-0.2, 0) is 0 Å². The van der Waals surface area contributed by atoms with Crippen LogP contribution in [0.1, 0.15) is 67.6 Å². The zero-order valence-corrected chi connectivity index (χ0v) is 19.3. The molecule has 1 atom stereocenters. The summed E-state index contributed by atoms with van der Waals surface area (Å²) in [6, 6.07) is 21.8. The maximum Gasteiger partial charge on any atom is 0.0940 e. The second-order valence-corrected chi connectivity index (χ2v) is 9.68. The van der Waals surface area contributed by atoms with Crippen molar-refractivity contribution in [2.24, 2.45) is 16.9 Å². The Balaban J connectivity index is 1.36. The van der Waals surface area contributed by atoms with E-state index in [1.807, 2.05) is 0 Å². The predicted octanol–water partition coefficient (Wildman–Crippen LogP) is 6.86. The highest BCUT2D eigenvalue weighted by Gasteiger charge is 2.31. The Hall–Kier alpha value is -2.86. The summed E-state index contributed by atoms with van der Waals surface area (Å²) in [5.74, 6) is 1.89. The highest BCUT2D eigenvalue weighted by atomic mass is 15.5. The molecule has 1 saturated carbocycles. The van der Waals surface area contributed by atoms with E-state index in [-0.39, 0.29) is 0 Å². The van der Waals surface area contributed by atoms with E-state index in [1.165, 1.54) is 54.5 Å². The first-order valence-corrected chi connectivity index (χ1v) is 12.2. The van der Waals surface area contributed by atoms with Gasteiger partial charge in [-0.1, -0.05) is 86.0 Å². The molecule has 1 heterocycles. The Labute approximate surface area is 193 Å². The second kappa shape index (κ2) is 10.6. The van der Waals surface area contributed by atoms with E-state index in [9.17, 15) is 0 Å². The van der Waals surface area contributed by atoms with E-state index in [2.05, 4.69) is 79.2 Å². The number of nitrogens with zero attached hydrogens (tertiary/aromatic N) is 3. The summed E-state index contributed by atoms with van der Waals surface area (Å²) in [7, 11) is 0. The van der Waals surface area contributed by atoms with E-state index in [1.54, 1.807) is 0 Å². The molecular weight excluding hydrogens is 390 g/mol. The molecule has 1 fully saturated rings. The Morgan fingerprint density at radius 1 is 1.03 bits per heavy atom. The molecule has 0 N–H and O–H groups in total. The Morgan fingerprint density at radius 2 is 1.72 bits per heavy atom. The molecule has 0 aromatic heterocycles. The quantitative estimate of drug-likeness (QED) is 0.434. The van der Waals surface area contributed by atoms with Crippen LogP contribution in [0.15, 0.2) is 71.9 Å². The van der Waals surface area contributed by atoms with Crippen LogP contribution in [-0.4, -0.2) is 23.8 Å². The van der Waals surface area contributed by atoms with Crippen molar-refractivity contribution < 1.29 is 0 Å². The maximum atomic E-state index is 8.87. The number of hydrazone groups is 1. The molecule has 0 bridgehead atoms. The van der Waals surface area contributed by atoms with Crippen LogP contribution in [0.3, 0.4) is 0 Å².